The third-order valence-electron chi connectivity index (χ3n) is 3.62. The molecule has 2 rings (SSSR count). The van der Waals surface area contributed by atoms with Crippen LogP contribution < -0.4 is 15.8 Å². The number of nitrogens with zero attached hydrogens (tertiary/aromatic N) is 1. The maximum Gasteiger partial charge on any atom is 0.255 e. The van der Waals surface area contributed by atoms with Crippen molar-refractivity contribution in [2.24, 2.45) is 0 Å². The summed E-state index contributed by atoms with van der Waals surface area (Å²) >= 11 is 0. The fourth-order valence-corrected chi connectivity index (χ4v) is 2.34. The Morgan fingerprint density at radius 1 is 1.27 bits per heavy atom. The van der Waals surface area contributed by atoms with Crippen molar-refractivity contribution >= 4 is 11.7 Å². The fourth-order valence-electron chi connectivity index (χ4n) is 2.34. The number of anilines is 1. The van der Waals surface area contributed by atoms with Crippen molar-refractivity contribution in [1.82, 2.24) is 10.3 Å². The second-order valence-corrected chi connectivity index (χ2v) is 5.69. The van der Waals surface area contributed by atoms with E-state index in [2.05, 4.69) is 23.3 Å². The summed E-state index contributed by atoms with van der Waals surface area (Å²) in [5.74, 6) is 0.690. The summed E-state index contributed by atoms with van der Waals surface area (Å²) in [6.45, 7) is 3.33. The Bertz CT molecular complexity index is 760. The Morgan fingerprint density at radius 3 is 2.85 bits per heavy atom. The number of nitrogens with two attached hydrogens (primary N) is 1. The lowest BCUT2D eigenvalue weighted by Crippen LogP contribution is -2.24. The number of amides is 1. The highest BCUT2D eigenvalue weighted by molar-refractivity contribution is 5.98. The molecule has 0 unspecified atom stereocenters. The maximum atomic E-state index is 12.3. The van der Waals surface area contributed by atoms with Crippen molar-refractivity contribution in [2.75, 3.05) is 19.5 Å². The van der Waals surface area contributed by atoms with Crippen LogP contribution in [0.15, 0.2) is 48.6 Å². The van der Waals surface area contributed by atoms with Gasteiger partial charge in [-0.2, -0.15) is 0 Å². The Kier molecular flexibility index (Phi) is 7.64. The Labute approximate surface area is 154 Å². The second kappa shape index (κ2) is 10.2. The molecule has 26 heavy (non-hydrogen) atoms. The van der Waals surface area contributed by atoms with Crippen LogP contribution in [0.4, 0.5) is 5.82 Å². The van der Waals surface area contributed by atoms with E-state index in [9.17, 15) is 4.79 Å². The van der Waals surface area contributed by atoms with Crippen molar-refractivity contribution in [3.05, 3.63) is 65.4 Å². The van der Waals surface area contributed by atoms with Crippen molar-refractivity contribution in [2.45, 2.75) is 26.5 Å². The molecule has 1 heterocycles. The minimum Gasteiger partial charge on any atom is -0.490 e. The number of carbonyl (C=O) groups excluding carboxylic acids is 1. The predicted octanol–water partition coefficient (Wildman–Crippen LogP) is 3.09. The third kappa shape index (κ3) is 5.89. The molecule has 2 aromatic rings. The van der Waals surface area contributed by atoms with E-state index in [4.69, 9.17) is 15.2 Å². The van der Waals surface area contributed by atoms with Gasteiger partial charge in [0.15, 0.2) is 0 Å². The summed E-state index contributed by atoms with van der Waals surface area (Å²) in [4.78, 5) is 16.5. The Hall–Kier alpha value is -2.86. The number of carbonyl (C=O) groups is 1. The minimum absolute atomic E-state index is 0.192. The molecule has 0 atom stereocenters. The summed E-state index contributed by atoms with van der Waals surface area (Å²) in [6, 6.07) is 11.0. The zero-order valence-electron chi connectivity index (χ0n) is 15.2. The van der Waals surface area contributed by atoms with Crippen LogP contribution in [-0.2, 0) is 17.9 Å². The number of methoxy groups -OCH3 is 1. The smallest absolute Gasteiger partial charge is 0.255 e. The topological polar surface area (TPSA) is 86.5 Å². The molecule has 0 aliphatic rings. The van der Waals surface area contributed by atoms with Gasteiger partial charge < -0.3 is 20.5 Å². The monoisotopic (exact) mass is 355 g/mol. The predicted molar refractivity (Wildman–Crippen MR) is 102 cm³/mol. The number of nitrogens with one attached hydrogen (secondary N) is 1. The molecule has 6 heteroatoms. The summed E-state index contributed by atoms with van der Waals surface area (Å²) in [6.07, 6.45) is 5.03. The van der Waals surface area contributed by atoms with Crippen molar-refractivity contribution in [3.8, 4) is 5.75 Å². The number of pyridine rings is 1. The molecule has 6 nitrogen and oxygen atoms in total. The van der Waals surface area contributed by atoms with Gasteiger partial charge in [-0.15, -0.1) is 0 Å². The van der Waals surface area contributed by atoms with Crippen LogP contribution in [0.2, 0.25) is 0 Å². The summed E-state index contributed by atoms with van der Waals surface area (Å²) < 4.78 is 10.7. The molecule has 0 fully saturated rings. The minimum atomic E-state index is -0.267. The molecule has 0 spiro atoms. The van der Waals surface area contributed by atoms with Gasteiger partial charge in [0.1, 0.15) is 18.2 Å². The highest BCUT2D eigenvalue weighted by Crippen LogP contribution is 2.14. The first-order valence-electron chi connectivity index (χ1n) is 8.53. The van der Waals surface area contributed by atoms with E-state index in [1.54, 1.807) is 19.2 Å². The number of benzene rings is 1. The van der Waals surface area contributed by atoms with Crippen LogP contribution in [0, 0.1) is 0 Å². The largest absolute Gasteiger partial charge is 0.490 e. The number of hydrogen-bond donors (Lipinski definition) is 2. The second-order valence-electron chi connectivity index (χ2n) is 5.69. The zero-order chi connectivity index (χ0) is 18.8. The lowest BCUT2D eigenvalue weighted by molar-refractivity contribution is 0.0951. The Balaban J connectivity index is 1.93. The van der Waals surface area contributed by atoms with E-state index in [-0.39, 0.29) is 11.7 Å². The molecule has 1 aromatic heterocycles. The van der Waals surface area contributed by atoms with Crippen molar-refractivity contribution in [3.63, 3.8) is 0 Å². The van der Waals surface area contributed by atoms with Crippen LogP contribution in [0.5, 0.6) is 5.75 Å². The standard InChI is InChI=1S/C20H25N3O3/c1-3-4-5-11-26-17-8-6-7-15(12-17)13-22-20(24)18-10-9-16(14-25-2)23-19(18)21/h4-10,12H,3,11,13-14H2,1-2H3,(H2,21,23)(H,22,24)/b5-4+. The maximum absolute atomic E-state index is 12.3. The number of aromatic nitrogens is 1. The van der Waals surface area contributed by atoms with E-state index in [1.807, 2.05) is 30.3 Å². The highest BCUT2D eigenvalue weighted by Gasteiger charge is 2.11. The van der Waals surface area contributed by atoms with E-state index < -0.39 is 0 Å². The normalized spacial score (nSPS) is 10.8. The number of nitrogen functional groups attached to an aromatic ring is 1. The van der Waals surface area contributed by atoms with Crippen LogP contribution in [-0.4, -0.2) is 24.6 Å². The zero-order valence-corrected chi connectivity index (χ0v) is 15.2. The average molecular weight is 355 g/mol. The van der Waals surface area contributed by atoms with Crippen molar-refractivity contribution < 1.29 is 14.3 Å². The molecule has 0 radical (unpaired) electrons. The van der Waals surface area contributed by atoms with E-state index in [1.165, 1.54) is 0 Å². The highest BCUT2D eigenvalue weighted by atomic mass is 16.5. The molecular formula is C20H25N3O3. The van der Waals surface area contributed by atoms with Crippen LogP contribution in [0.1, 0.15) is 35.0 Å². The van der Waals surface area contributed by atoms with Gasteiger partial charge in [0, 0.05) is 13.7 Å². The van der Waals surface area contributed by atoms with Gasteiger partial charge in [0.05, 0.1) is 17.9 Å². The number of ether oxygens (including phenoxy) is 2. The molecular weight excluding hydrogens is 330 g/mol. The van der Waals surface area contributed by atoms with E-state index in [0.717, 1.165) is 17.7 Å². The summed E-state index contributed by atoms with van der Waals surface area (Å²) in [7, 11) is 1.58. The fraction of sp³-hybridized carbons (Fsp3) is 0.300. The molecule has 0 saturated carbocycles. The third-order valence-corrected chi connectivity index (χ3v) is 3.62. The molecule has 3 N–H and O–H groups in total. The molecule has 0 bridgehead atoms. The molecule has 0 aliphatic heterocycles. The first-order valence-corrected chi connectivity index (χ1v) is 8.53. The number of allylic oxidation sites excluding steroid dienone is 1. The van der Waals surface area contributed by atoms with Crippen molar-refractivity contribution in [1.29, 1.82) is 0 Å². The number of rotatable bonds is 9. The van der Waals surface area contributed by atoms with Gasteiger partial charge in [0.25, 0.3) is 5.91 Å². The molecule has 0 aliphatic carbocycles. The quantitative estimate of drug-likeness (QED) is 0.675. The van der Waals surface area contributed by atoms with Gasteiger partial charge in [-0.25, -0.2) is 4.98 Å². The van der Waals surface area contributed by atoms with Crippen LogP contribution >= 0.6 is 0 Å². The Morgan fingerprint density at radius 2 is 2.12 bits per heavy atom. The van der Waals surface area contributed by atoms with Gasteiger partial charge in [-0.3, -0.25) is 4.79 Å². The van der Waals surface area contributed by atoms with E-state index >= 15 is 0 Å². The van der Waals surface area contributed by atoms with Crippen LogP contribution in [0.25, 0.3) is 0 Å². The number of hydrogen-bond acceptors (Lipinski definition) is 5. The molecule has 138 valence electrons. The lowest BCUT2D eigenvalue weighted by atomic mass is 10.2. The van der Waals surface area contributed by atoms with E-state index in [0.29, 0.717) is 31.0 Å². The van der Waals surface area contributed by atoms with Crippen LogP contribution in [0.3, 0.4) is 0 Å². The lowest BCUT2D eigenvalue weighted by Gasteiger charge is -2.10. The first kappa shape index (κ1) is 19.5. The van der Waals surface area contributed by atoms with Gasteiger partial charge >= 0.3 is 0 Å². The van der Waals surface area contributed by atoms with Gasteiger partial charge in [-0.1, -0.05) is 31.2 Å². The summed E-state index contributed by atoms with van der Waals surface area (Å²) in [5, 5.41) is 2.85. The van der Waals surface area contributed by atoms with Gasteiger partial charge in [0.2, 0.25) is 0 Å². The van der Waals surface area contributed by atoms with Gasteiger partial charge in [-0.05, 0) is 36.2 Å². The molecule has 1 aromatic carbocycles. The SMILES string of the molecule is CC/C=C/COc1cccc(CNC(=O)c2ccc(COC)nc2N)c1. The molecule has 0 saturated heterocycles. The summed E-state index contributed by atoms with van der Waals surface area (Å²) in [5.41, 5.74) is 7.85. The first-order chi connectivity index (χ1) is 12.6. The average Bonchev–Trinajstić information content (AvgIpc) is 2.64. The molecule has 1 amide bonds.